The second kappa shape index (κ2) is 7.83. The molecule has 0 atom stereocenters. The zero-order valence-corrected chi connectivity index (χ0v) is 15.0. The van der Waals surface area contributed by atoms with Gasteiger partial charge in [0, 0.05) is 18.0 Å². The number of aryl methyl sites for hydroxylation is 1. The Morgan fingerprint density at radius 3 is 2.50 bits per heavy atom. The number of hydrogen-bond acceptors (Lipinski definition) is 3. The third-order valence-corrected chi connectivity index (χ3v) is 4.68. The number of nitrogens with one attached hydrogen (secondary N) is 1. The maximum atomic E-state index is 12.0. The molecule has 1 amide bonds. The normalized spacial score (nSPS) is 11.5. The molecule has 7 heteroatoms. The summed E-state index contributed by atoms with van der Waals surface area (Å²) in [4.78, 5) is 11.6. The van der Waals surface area contributed by atoms with Gasteiger partial charge < -0.3 is 5.32 Å². The molecule has 0 bridgehead atoms. The van der Waals surface area contributed by atoms with Crippen LogP contribution in [0.25, 0.3) is 0 Å². The Kier molecular flexibility index (Phi) is 6.68. The van der Waals surface area contributed by atoms with Gasteiger partial charge in [0.05, 0.1) is 18.5 Å². The van der Waals surface area contributed by atoms with E-state index in [-0.39, 0.29) is 24.9 Å². The summed E-state index contributed by atoms with van der Waals surface area (Å²) in [6.45, 7) is 6.18. The average Bonchev–Trinajstić information content (AvgIpc) is 2.36. The van der Waals surface area contributed by atoms with Crippen molar-refractivity contribution in [2.24, 2.45) is 5.92 Å². The fourth-order valence-corrected chi connectivity index (χ4v) is 3.06. The fraction of sp³-hybridized carbons (Fsp3) is 0.533. The Hall–Kier alpha value is -1.27. The summed E-state index contributed by atoms with van der Waals surface area (Å²) in [5, 5.41) is 3.24. The monoisotopic (exact) mass is 346 g/mol. The summed E-state index contributed by atoms with van der Waals surface area (Å²) in [6, 6.07) is 5.10. The summed E-state index contributed by atoms with van der Waals surface area (Å²) in [5.41, 5.74) is 1.38. The number of sulfonamides is 1. The van der Waals surface area contributed by atoms with Crippen LogP contribution in [0.5, 0.6) is 0 Å². The maximum absolute atomic E-state index is 12.0. The van der Waals surface area contributed by atoms with Crippen molar-refractivity contribution >= 4 is 33.2 Å². The number of halogens is 1. The molecule has 0 spiro atoms. The van der Waals surface area contributed by atoms with Crippen molar-refractivity contribution in [1.29, 1.82) is 0 Å². The second-order valence-corrected chi connectivity index (χ2v) is 8.03. The number of rotatable bonds is 7. The standard InChI is InChI=1S/C15H23ClN2O3S/c1-11(2)9-15(19)17-7-8-18(22(4,20)21)13-6-5-12(3)14(16)10-13/h5-6,10-11H,7-9H2,1-4H3,(H,17,19). The van der Waals surface area contributed by atoms with Crippen LogP contribution in [0, 0.1) is 12.8 Å². The number of carbonyl (C=O) groups excluding carboxylic acids is 1. The van der Waals surface area contributed by atoms with Crippen LogP contribution in [-0.2, 0) is 14.8 Å². The van der Waals surface area contributed by atoms with Gasteiger partial charge in [-0.05, 0) is 30.5 Å². The van der Waals surface area contributed by atoms with Crippen molar-refractivity contribution in [2.45, 2.75) is 27.2 Å². The molecule has 0 fully saturated rings. The number of benzene rings is 1. The molecule has 1 rings (SSSR count). The Morgan fingerprint density at radius 2 is 2.00 bits per heavy atom. The third kappa shape index (κ3) is 5.85. The van der Waals surface area contributed by atoms with Crippen LogP contribution >= 0.6 is 11.6 Å². The molecule has 0 radical (unpaired) electrons. The quantitative estimate of drug-likeness (QED) is 0.825. The molecule has 22 heavy (non-hydrogen) atoms. The van der Waals surface area contributed by atoms with Gasteiger partial charge in [0.2, 0.25) is 15.9 Å². The minimum atomic E-state index is -3.45. The van der Waals surface area contributed by atoms with Gasteiger partial charge in [-0.15, -0.1) is 0 Å². The first-order valence-electron chi connectivity index (χ1n) is 7.12. The van der Waals surface area contributed by atoms with Crippen molar-refractivity contribution in [3.8, 4) is 0 Å². The predicted octanol–water partition coefficient (Wildman–Crippen LogP) is 2.58. The van der Waals surface area contributed by atoms with Crippen molar-refractivity contribution < 1.29 is 13.2 Å². The highest BCUT2D eigenvalue weighted by molar-refractivity contribution is 7.92. The van der Waals surface area contributed by atoms with E-state index in [1.165, 1.54) is 4.31 Å². The van der Waals surface area contributed by atoms with E-state index < -0.39 is 10.0 Å². The highest BCUT2D eigenvalue weighted by atomic mass is 35.5. The highest BCUT2D eigenvalue weighted by Gasteiger charge is 2.18. The Bertz CT molecular complexity index is 630. The first kappa shape index (κ1) is 18.8. The largest absolute Gasteiger partial charge is 0.354 e. The molecule has 0 unspecified atom stereocenters. The molecule has 0 heterocycles. The van der Waals surface area contributed by atoms with Gasteiger partial charge in [0.1, 0.15) is 0 Å². The van der Waals surface area contributed by atoms with Gasteiger partial charge in [-0.1, -0.05) is 31.5 Å². The van der Waals surface area contributed by atoms with E-state index in [1.807, 2.05) is 20.8 Å². The Labute approximate surface area is 137 Å². The highest BCUT2D eigenvalue weighted by Crippen LogP contribution is 2.24. The summed E-state index contributed by atoms with van der Waals surface area (Å²) >= 11 is 6.06. The Balaban J connectivity index is 2.79. The smallest absolute Gasteiger partial charge is 0.232 e. The first-order valence-corrected chi connectivity index (χ1v) is 9.34. The predicted molar refractivity (Wildman–Crippen MR) is 90.8 cm³/mol. The molecule has 0 aliphatic rings. The minimum Gasteiger partial charge on any atom is -0.354 e. The summed E-state index contributed by atoms with van der Waals surface area (Å²) in [6.07, 6.45) is 1.56. The zero-order valence-electron chi connectivity index (χ0n) is 13.4. The molecule has 5 nitrogen and oxygen atoms in total. The van der Waals surface area contributed by atoms with Crippen molar-refractivity contribution in [3.05, 3.63) is 28.8 Å². The molecule has 0 aromatic heterocycles. The van der Waals surface area contributed by atoms with Crippen LogP contribution < -0.4 is 9.62 Å². The third-order valence-electron chi connectivity index (χ3n) is 3.07. The lowest BCUT2D eigenvalue weighted by Gasteiger charge is -2.23. The molecule has 0 aliphatic carbocycles. The van der Waals surface area contributed by atoms with E-state index in [9.17, 15) is 13.2 Å². The van der Waals surface area contributed by atoms with Crippen molar-refractivity contribution in [1.82, 2.24) is 5.32 Å². The summed E-state index contributed by atoms with van der Waals surface area (Å²) < 4.78 is 25.1. The van der Waals surface area contributed by atoms with E-state index in [2.05, 4.69) is 5.32 Å². The molecule has 0 saturated carbocycles. The van der Waals surface area contributed by atoms with Gasteiger partial charge in [-0.3, -0.25) is 9.10 Å². The van der Waals surface area contributed by atoms with Gasteiger partial charge >= 0.3 is 0 Å². The molecule has 0 saturated heterocycles. The van der Waals surface area contributed by atoms with Crippen LogP contribution in [0.15, 0.2) is 18.2 Å². The van der Waals surface area contributed by atoms with Gasteiger partial charge in [0.25, 0.3) is 0 Å². The van der Waals surface area contributed by atoms with Crippen LogP contribution in [0.2, 0.25) is 5.02 Å². The number of carbonyl (C=O) groups is 1. The summed E-state index contributed by atoms with van der Waals surface area (Å²) in [5.74, 6) is 0.187. The van der Waals surface area contributed by atoms with Crippen LogP contribution in [0.1, 0.15) is 25.8 Å². The van der Waals surface area contributed by atoms with E-state index >= 15 is 0 Å². The lowest BCUT2D eigenvalue weighted by molar-refractivity contribution is -0.121. The van der Waals surface area contributed by atoms with Crippen molar-refractivity contribution in [3.63, 3.8) is 0 Å². The topological polar surface area (TPSA) is 66.5 Å². The van der Waals surface area contributed by atoms with Gasteiger partial charge in [-0.25, -0.2) is 8.42 Å². The van der Waals surface area contributed by atoms with E-state index in [1.54, 1.807) is 18.2 Å². The van der Waals surface area contributed by atoms with Gasteiger partial charge in [-0.2, -0.15) is 0 Å². The fourth-order valence-electron chi connectivity index (χ4n) is 1.96. The molecular formula is C15H23ClN2O3S. The molecule has 124 valence electrons. The number of amides is 1. The van der Waals surface area contributed by atoms with Gasteiger partial charge in [0.15, 0.2) is 0 Å². The van der Waals surface area contributed by atoms with Crippen LogP contribution in [0.4, 0.5) is 5.69 Å². The van der Waals surface area contributed by atoms with E-state index in [4.69, 9.17) is 11.6 Å². The summed E-state index contributed by atoms with van der Waals surface area (Å²) in [7, 11) is -3.45. The Morgan fingerprint density at radius 1 is 1.36 bits per heavy atom. The lowest BCUT2D eigenvalue weighted by atomic mass is 10.1. The van der Waals surface area contributed by atoms with Crippen molar-refractivity contribution in [2.75, 3.05) is 23.7 Å². The van der Waals surface area contributed by atoms with Crippen LogP contribution in [0.3, 0.4) is 0 Å². The molecular weight excluding hydrogens is 324 g/mol. The van der Waals surface area contributed by atoms with E-state index in [0.29, 0.717) is 17.1 Å². The van der Waals surface area contributed by atoms with Crippen LogP contribution in [-0.4, -0.2) is 33.7 Å². The number of anilines is 1. The SMILES string of the molecule is Cc1ccc(N(CCNC(=O)CC(C)C)S(C)(=O)=O)cc1Cl. The molecule has 1 aromatic carbocycles. The molecule has 0 aliphatic heterocycles. The van der Waals surface area contributed by atoms with E-state index in [0.717, 1.165) is 11.8 Å². The lowest BCUT2D eigenvalue weighted by Crippen LogP contribution is -2.38. The minimum absolute atomic E-state index is 0.0783. The second-order valence-electron chi connectivity index (χ2n) is 5.72. The zero-order chi connectivity index (χ0) is 16.9. The number of hydrogen-bond donors (Lipinski definition) is 1. The maximum Gasteiger partial charge on any atom is 0.232 e. The molecule has 1 aromatic rings. The first-order chi connectivity index (χ1) is 10.1. The molecule has 1 N–H and O–H groups in total. The average molecular weight is 347 g/mol. The number of nitrogens with zero attached hydrogens (tertiary/aromatic N) is 1.